The zero-order valence-electron chi connectivity index (χ0n) is 13.7. The van der Waals surface area contributed by atoms with Gasteiger partial charge in [0.15, 0.2) is 0 Å². The maximum absolute atomic E-state index is 12.2. The van der Waals surface area contributed by atoms with Crippen LogP contribution >= 0.6 is 0 Å². The minimum absolute atomic E-state index is 0.0351. The van der Waals surface area contributed by atoms with Gasteiger partial charge in [0.1, 0.15) is 5.75 Å². The van der Waals surface area contributed by atoms with Gasteiger partial charge >= 0.3 is 0 Å². The van der Waals surface area contributed by atoms with Crippen LogP contribution in [0.25, 0.3) is 0 Å². The maximum atomic E-state index is 12.2. The number of aromatic hydroxyl groups is 1. The summed E-state index contributed by atoms with van der Waals surface area (Å²) in [6.45, 7) is 6.33. The highest BCUT2D eigenvalue weighted by Crippen LogP contribution is 2.20. The van der Waals surface area contributed by atoms with Gasteiger partial charge in [-0.3, -0.25) is 4.79 Å². The van der Waals surface area contributed by atoms with E-state index in [-0.39, 0.29) is 23.7 Å². The Labute approximate surface area is 137 Å². The number of phenols is 1. The van der Waals surface area contributed by atoms with Gasteiger partial charge < -0.3 is 25.2 Å². The molecule has 0 bridgehead atoms. The molecule has 6 heteroatoms. The first-order valence-electron chi connectivity index (χ1n) is 8.06. The third-order valence-electron chi connectivity index (χ3n) is 4.10. The number of aliphatic hydroxyl groups excluding tert-OH is 1. The highest BCUT2D eigenvalue weighted by atomic mass is 16.5. The van der Waals surface area contributed by atoms with Crippen LogP contribution in [0.1, 0.15) is 31.9 Å². The Morgan fingerprint density at radius 3 is 2.48 bits per heavy atom. The number of hydrogen-bond acceptors (Lipinski definition) is 5. The molecule has 3 atom stereocenters. The van der Waals surface area contributed by atoms with Crippen LogP contribution in [-0.4, -0.2) is 59.4 Å². The molecule has 1 amide bonds. The lowest BCUT2D eigenvalue weighted by Crippen LogP contribution is -2.45. The van der Waals surface area contributed by atoms with E-state index in [0.717, 1.165) is 5.56 Å². The normalized spacial score (nSPS) is 19.2. The van der Waals surface area contributed by atoms with Crippen LogP contribution in [0.15, 0.2) is 24.3 Å². The molecule has 0 aromatic heterocycles. The van der Waals surface area contributed by atoms with E-state index < -0.39 is 6.10 Å². The van der Waals surface area contributed by atoms with E-state index >= 15 is 0 Å². The number of morpholine rings is 1. The minimum atomic E-state index is -0.698. The fourth-order valence-electron chi connectivity index (χ4n) is 2.76. The predicted octanol–water partition coefficient (Wildman–Crippen LogP) is 1.04. The second-order valence-electron chi connectivity index (χ2n) is 6.09. The number of hydrogen-bond donors (Lipinski definition) is 3. The molecule has 2 rings (SSSR count). The number of benzene rings is 1. The summed E-state index contributed by atoms with van der Waals surface area (Å²) in [7, 11) is 0. The summed E-state index contributed by atoms with van der Waals surface area (Å²) in [6, 6.07) is 6.26. The van der Waals surface area contributed by atoms with Crippen molar-refractivity contribution in [2.75, 3.05) is 26.3 Å². The van der Waals surface area contributed by atoms with E-state index in [9.17, 15) is 15.0 Å². The molecule has 23 heavy (non-hydrogen) atoms. The highest BCUT2D eigenvalue weighted by molar-refractivity contribution is 5.76. The van der Waals surface area contributed by atoms with Crippen molar-refractivity contribution in [2.45, 2.75) is 38.5 Å². The van der Waals surface area contributed by atoms with Gasteiger partial charge in [-0.05, 0) is 31.5 Å². The van der Waals surface area contributed by atoms with Gasteiger partial charge in [0.2, 0.25) is 5.91 Å². The second kappa shape index (κ2) is 8.29. The third kappa shape index (κ3) is 5.20. The monoisotopic (exact) mass is 322 g/mol. The topological polar surface area (TPSA) is 82.0 Å². The fourth-order valence-corrected chi connectivity index (χ4v) is 2.76. The number of carbonyl (C=O) groups is 1. The number of nitrogens with zero attached hydrogens (tertiary/aromatic N) is 1. The van der Waals surface area contributed by atoms with Crippen LogP contribution in [0, 0.1) is 0 Å². The molecule has 1 fully saturated rings. The average Bonchev–Trinajstić information content (AvgIpc) is 2.55. The van der Waals surface area contributed by atoms with Gasteiger partial charge in [-0.25, -0.2) is 0 Å². The molecule has 128 valence electrons. The fraction of sp³-hybridized carbons (Fsp3) is 0.588. The molecule has 0 spiro atoms. The van der Waals surface area contributed by atoms with Gasteiger partial charge in [0.25, 0.3) is 0 Å². The zero-order chi connectivity index (χ0) is 16.8. The lowest BCUT2D eigenvalue weighted by molar-refractivity contribution is -0.135. The Balaban J connectivity index is 1.82. The van der Waals surface area contributed by atoms with E-state index in [1.54, 1.807) is 24.3 Å². The van der Waals surface area contributed by atoms with Crippen molar-refractivity contribution in [1.82, 2.24) is 10.2 Å². The number of aliphatic hydroxyl groups is 1. The van der Waals surface area contributed by atoms with Gasteiger partial charge in [-0.2, -0.15) is 0 Å². The standard InChI is InChI=1S/C17H26N2O4/c1-12(11-16(21)19-7-9-23-10-8-19)18-13(2)17(22)14-3-5-15(20)6-4-14/h3-6,12-13,17-18,20,22H,7-11H2,1-2H3/t12-,13-,17-/m0/s1. The minimum Gasteiger partial charge on any atom is -0.508 e. The average molecular weight is 322 g/mol. The summed E-state index contributed by atoms with van der Waals surface area (Å²) in [4.78, 5) is 14.0. The second-order valence-corrected chi connectivity index (χ2v) is 6.09. The van der Waals surface area contributed by atoms with E-state index in [0.29, 0.717) is 32.7 Å². The van der Waals surface area contributed by atoms with Crippen molar-refractivity contribution >= 4 is 5.91 Å². The summed E-state index contributed by atoms with van der Waals surface area (Å²) in [5.74, 6) is 0.283. The summed E-state index contributed by atoms with van der Waals surface area (Å²) in [5.41, 5.74) is 0.731. The van der Waals surface area contributed by atoms with Crippen LogP contribution in [0.3, 0.4) is 0 Å². The maximum Gasteiger partial charge on any atom is 0.224 e. The number of carbonyl (C=O) groups excluding carboxylic acids is 1. The first kappa shape index (κ1) is 17.7. The summed E-state index contributed by atoms with van der Waals surface area (Å²) >= 11 is 0. The molecular formula is C17H26N2O4. The number of phenolic OH excluding ortho intramolecular Hbond substituents is 1. The van der Waals surface area contributed by atoms with Crippen LogP contribution < -0.4 is 5.32 Å². The van der Waals surface area contributed by atoms with Crippen molar-refractivity contribution in [3.63, 3.8) is 0 Å². The van der Waals surface area contributed by atoms with Crippen molar-refractivity contribution in [3.05, 3.63) is 29.8 Å². The molecule has 0 saturated carbocycles. The van der Waals surface area contributed by atoms with E-state index in [2.05, 4.69) is 5.32 Å². The van der Waals surface area contributed by atoms with Gasteiger partial charge in [0, 0.05) is 31.6 Å². The zero-order valence-corrected chi connectivity index (χ0v) is 13.7. The van der Waals surface area contributed by atoms with Crippen LogP contribution in [-0.2, 0) is 9.53 Å². The van der Waals surface area contributed by atoms with Crippen molar-refractivity contribution in [1.29, 1.82) is 0 Å². The first-order valence-corrected chi connectivity index (χ1v) is 8.06. The third-order valence-corrected chi connectivity index (χ3v) is 4.10. The SMILES string of the molecule is C[C@H](N[C@@H](C)CC(=O)N1CCOCC1)[C@H](O)c1ccc(O)cc1. The van der Waals surface area contributed by atoms with E-state index in [1.807, 2.05) is 18.7 Å². The molecule has 3 N–H and O–H groups in total. The van der Waals surface area contributed by atoms with Crippen LogP contribution in [0.2, 0.25) is 0 Å². The van der Waals surface area contributed by atoms with Crippen LogP contribution in [0.4, 0.5) is 0 Å². The van der Waals surface area contributed by atoms with Gasteiger partial charge in [0.05, 0.1) is 19.3 Å². The summed E-state index contributed by atoms with van der Waals surface area (Å²) in [6.07, 6.45) is -0.302. The molecule has 1 saturated heterocycles. The molecule has 1 aliphatic rings. The van der Waals surface area contributed by atoms with E-state index in [4.69, 9.17) is 4.74 Å². The summed E-state index contributed by atoms with van der Waals surface area (Å²) < 4.78 is 5.25. The van der Waals surface area contributed by atoms with Crippen molar-refractivity contribution < 1.29 is 19.7 Å². The Bertz CT molecular complexity index is 500. The molecule has 0 aliphatic carbocycles. The molecule has 1 aromatic carbocycles. The molecular weight excluding hydrogens is 296 g/mol. The van der Waals surface area contributed by atoms with Crippen molar-refractivity contribution in [2.24, 2.45) is 0 Å². The largest absolute Gasteiger partial charge is 0.508 e. The Hall–Kier alpha value is -1.63. The Morgan fingerprint density at radius 1 is 1.26 bits per heavy atom. The first-order chi connectivity index (χ1) is 11.0. The van der Waals surface area contributed by atoms with E-state index in [1.165, 1.54) is 0 Å². The van der Waals surface area contributed by atoms with Gasteiger partial charge in [-0.1, -0.05) is 12.1 Å². The van der Waals surface area contributed by atoms with Crippen molar-refractivity contribution in [3.8, 4) is 5.75 Å². The molecule has 0 radical (unpaired) electrons. The number of ether oxygens (including phenoxy) is 1. The van der Waals surface area contributed by atoms with Crippen LogP contribution in [0.5, 0.6) is 5.75 Å². The highest BCUT2D eigenvalue weighted by Gasteiger charge is 2.22. The molecule has 6 nitrogen and oxygen atoms in total. The summed E-state index contributed by atoms with van der Waals surface area (Å²) in [5, 5.41) is 22.9. The quantitative estimate of drug-likeness (QED) is 0.729. The molecule has 0 unspecified atom stereocenters. The molecule has 1 aliphatic heterocycles. The lowest BCUT2D eigenvalue weighted by atomic mass is 10.0. The number of rotatable bonds is 6. The number of nitrogens with one attached hydrogen (secondary N) is 1. The Morgan fingerprint density at radius 2 is 1.87 bits per heavy atom. The smallest absolute Gasteiger partial charge is 0.224 e. The molecule has 1 heterocycles. The predicted molar refractivity (Wildman–Crippen MR) is 87.1 cm³/mol. The Kier molecular flexibility index (Phi) is 6.38. The lowest BCUT2D eigenvalue weighted by Gasteiger charge is -2.29. The van der Waals surface area contributed by atoms with Gasteiger partial charge in [-0.15, -0.1) is 0 Å². The number of amides is 1. The molecule has 1 aromatic rings.